The largest absolute Gasteiger partial charge is 0.398 e. The summed E-state index contributed by atoms with van der Waals surface area (Å²) < 4.78 is 0. The highest BCUT2D eigenvalue weighted by atomic mass is 14.7. The second-order valence-corrected chi connectivity index (χ2v) is 2.72. The molecule has 0 aliphatic carbocycles. The topological polar surface area (TPSA) is 51.3 Å². The lowest BCUT2D eigenvalue weighted by atomic mass is 10.2. The van der Waals surface area contributed by atoms with Crippen molar-refractivity contribution in [3.63, 3.8) is 0 Å². The van der Waals surface area contributed by atoms with Crippen molar-refractivity contribution in [3.05, 3.63) is 35.7 Å². The van der Waals surface area contributed by atoms with Gasteiger partial charge < -0.3 is 5.73 Å². The molecule has 13 heavy (non-hydrogen) atoms. The standard InChI is InChI=1S/C10H13N3/c1-8-7-9(3-6-13-8)10(11)4-5-12-2/h3-7H,11H2,1-2H3. The molecule has 3 heteroatoms. The molecule has 0 spiro atoms. The molecule has 1 aromatic heterocycles. The molecule has 0 saturated carbocycles. The fraction of sp³-hybridized carbons (Fsp3) is 0.200. The van der Waals surface area contributed by atoms with Gasteiger partial charge in [-0.3, -0.25) is 9.98 Å². The van der Waals surface area contributed by atoms with Crippen molar-refractivity contribution >= 4 is 11.9 Å². The predicted molar refractivity (Wildman–Crippen MR) is 55.6 cm³/mol. The summed E-state index contributed by atoms with van der Waals surface area (Å²) in [6.07, 6.45) is 5.19. The van der Waals surface area contributed by atoms with E-state index < -0.39 is 0 Å². The van der Waals surface area contributed by atoms with Crippen LogP contribution >= 0.6 is 0 Å². The molecule has 0 atom stereocenters. The van der Waals surface area contributed by atoms with Crippen LogP contribution < -0.4 is 5.73 Å². The summed E-state index contributed by atoms with van der Waals surface area (Å²) in [6.45, 7) is 1.94. The Morgan fingerprint density at radius 2 is 2.38 bits per heavy atom. The molecule has 0 fully saturated rings. The van der Waals surface area contributed by atoms with Crippen LogP contribution in [0.4, 0.5) is 0 Å². The minimum absolute atomic E-state index is 0.705. The summed E-state index contributed by atoms with van der Waals surface area (Å²) >= 11 is 0. The minimum Gasteiger partial charge on any atom is -0.398 e. The summed E-state index contributed by atoms with van der Waals surface area (Å²) in [7, 11) is 1.71. The van der Waals surface area contributed by atoms with Gasteiger partial charge in [0.05, 0.1) is 0 Å². The van der Waals surface area contributed by atoms with Crippen molar-refractivity contribution < 1.29 is 0 Å². The van der Waals surface area contributed by atoms with Crippen molar-refractivity contribution in [1.82, 2.24) is 4.98 Å². The third-order valence-corrected chi connectivity index (χ3v) is 1.63. The Bertz CT molecular complexity index is 340. The van der Waals surface area contributed by atoms with E-state index in [1.165, 1.54) is 0 Å². The van der Waals surface area contributed by atoms with Gasteiger partial charge in [-0.1, -0.05) is 0 Å². The van der Waals surface area contributed by atoms with E-state index in [1.54, 1.807) is 25.5 Å². The maximum Gasteiger partial charge on any atom is 0.0404 e. The molecule has 1 heterocycles. The first kappa shape index (κ1) is 9.45. The summed E-state index contributed by atoms with van der Waals surface area (Å²) in [5.41, 5.74) is 8.44. The predicted octanol–water partition coefficient (Wildman–Crippen LogP) is 1.39. The number of hydrogen-bond acceptors (Lipinski definition) is 3. The highest BCUT2D eigenvalue weighted by Gasteiger charge is 1.94. The van der Waals surface area contributed by atoms with Crippen LogP contribution in [0.2, 0.25) is 0 Å². The van der Waals surface area contributed by atoms with Crippen LogP contribution in [0.25, 0.3) is 5.70 Å². The van der Waals surface area contributed by atoms with E-state index in [0.717, 1.165) is 11.3 Å². The van der Waals surface area contributed by atoms with Crippen molar-refractivity contribution in [2.45, 2.75) is 6.92 Å². The van der Waals surface area contributed by atoms with Crippen molar-refractivity contribution in [3.8, 4) is 0 Å². The number of rotatable bonds is 2. The zero-order valence-corrected chi connectivity index (χ0v) is 7.86. The number of nitrogens with zero attached hydrogens (tertiary/aromatic N) is 2. The summed E-state index contributed by atoms with van der Waals surface area (Å²) in [6, 6.07) is 3.82. The number of aromatic nitrogens is 1. The number of aryl methyl sites for hydroxylation is 1. The van der Waals surface area contributed by atoms with Crippen LogP contribution in [0.1, 0.15) is 11.3 Å². The summed E-state index contributed by atoms with van der Waals surface area (Å²) in [4.78, 5) is 7.91. The van der Waals surface area contributed by atoms with Gasteiger partial charge in [0.25, 0.3) is 0 Å². The Kier molecular flexibility index (Phi) is 3.20. The molecule has 0 saturated heterocycles. The third kappa shape index (κ3) is 2.71. The molecule has 0 aromatic carbocycles. The van der Waals surface area contributed by atoms with Crippen molar-refractivity contribution in [2.24, 2.45) is 10.7 Å². The van der Waals surface area contributed by atoms with E-state index in [9.17, 15) is 0 Å². The molecule has 1 aromatic rings. The second-order valence-electron chi connectivity index (χ2n) is 2.72. The van der Waals surface area contributed by atoms with Gasteiger partial charge in [-0.15, -0.1) is 0 Å². The van der Waals surface area contributed by atoms with Gasteiger partial charge in [0.1, 0.15) is 0 Å². The van der Waals surface area contributed by atoms with Crippen LogP contribution in [0.15, 0.2) is 29.4 Å². The number of hydrogen-bond donors (Lipinski definition) is 1. The van der Waals surface area contributed by atoms with Gasteiger partial charge in [0, 0.05) is 36.4 Å². The van der Waals surface area contributed by atoms with Crippen LogP contribution in [0, 0.1) is 6.92 Å². The SMILES string of the molecule is CN=CC=C(N)c1ccnc(C)c1. The van der Waals surface area contributed by atoms with E-state index in [0.29, 0.717) is 5.70 Å². The average Bonchev–Trinajstić information content (AvgIpc) is 2.14. The Morgan fingerprint density at radius 1 is 1.62 bits per heavy atom. The first-order valence-corrected chi connectivity index (χ1v) is 4.05. The van der Waals surface area contributed by atoms with Crippen LogP contribution in [0.5, 0.6) is 0 Å². The monoisotopic (exact) mass is 175 g/mol. The van der Waals surface area contributed by atoms with Gasteiger partial charge in [-0.05, 0) is 25.1 Å². The minimum atomic E-state index is 0.705. The number of nitrogens with two attached hydrogens (primary N) is 1. The zero-order valence-electron chi connectivity index (χ0n) is 7.86. The highest BCUT2D eigenvalue weighted by Crippen LogP contribution is 2.07. The molecule has 3 nitrogen and oxygen atoms in total. The lowest BCUT2D eigenvalue weighted by Gasteiger charge is -2.00. The molecule has 1 rings (SSSR count). The van der Waals surface area contributed by atoms with Crippen LogP contribution in [-0.2, 0) is 0 Å². The fourth-order valence-corrected chi connectivity index (χ4v) is 0.976. The fourth-order valence-electron chi connectivity index (χ4n) is 0.976. The van der Waals surface area contributed by atoms with E-state index in [1.807, 2.05) is 19.1 Å². The van der Waals surface area contributed by atoms with E-state index in [2.05, 4.69) is 9.98 Å². The van der Waals surface area contributed by atoms with E-state index in [4.69, 9.17) is 5.73 Å². The van der Waals surface area contributed by atoms with E-state index >= 15 is 0 Å². The molecule has 0 bridgehead atoms. The molecular formula is C10H13N3. The molecule has 2 N–H and O–H groups in total. The zero-order chi connectivity index (χ0) is 9.68. The molecule has 0 aliphatic rings. The summed E-state index contributed by atoms with van der Waals surface area (Å²) in [5.74, 6) is 0. The van der Waals surface area contributed by atoms with Gasteiger partial charge >= 0.3 is 0 Å². The lowest BCUT2D eigenvalue weighted by Crippen LogP contribution is -1.97. The first-order chi connectivity index (χ1) is 6.24. The van der Waals surface area contributed by atoms with Crippen molar-refractivity contribution in [1.29, 1.82) is 0 Å². The van der Waals surface area contributed by atoms with Gasteiger partial charge in [-0.25, -0.2) is 0 Å². The lowest BCUT2D eigenvalue weighted by molar-refractivity contribution is 1.19. The Hall–Kier alpha value is -1.64. The first-order valence-electron chi connectivity index (χ1n) is 4.05. The van der Waals surface area contributed by atoms with Crippen molar-refractivity contribution in [2.75, 3.05) is 7.05 Å². The Balaban J connectivity index is 2.94. The van der Waals surface area contributed by atoms with Crippen LogP contribution in [-0.4, -0.2) is 18.2 Å². The van der Waals surface area contributed by atoms with Gasteiger partial charge in [-0.2, -0.15) is 0 Å². The molecular weight excluding hydrogens is 162 g/mol. The quantitative estimate of drug-likeness (QED) is 0.690. The normalized spacial score (nSPS) is 12.3. The summed E-state index contributed by atoms with van der Waals surface area (Å²) in [5, 5.41) is 0. The number of pyridine rings is 1. The van der Waals surface area contributed by atoms with E-state index in [-0.39, 0.29) is 0 Å². The highest BCUT2D eigenvalue weighted by molar-refractivity contribution is 5.83. The van der Waals surface area contributed by atoms with Gasteiger partial charge in [0.15, 0.2) is 0 Å². The molecule has 68 valence electrons. The second kappa shape index (κ2) is 4.40. The molecule has 0 radical (unpaired) electrons. The Morgan fingerprint density at radius 3 is 3.00 bits per heavy atom. The molecule has 0 aliphatic heterocycles. The Labute approximate surface area is 78.0 Å². The smallest absolute Gasteiger partial charge is 0.0404 e. The maximum atomic E-state index is 5.79. The number of allylic oxidation sites excluding steroid dienone is 1. The number of aliphatic imine (C=N–C) groups is 1. The van der Waals surface area contributed by atoms with Gasteiger partial charge in [0.2, 0.25) is 0 Å². The maximum absolute atomic E-state index is 5.79. The van der Waals surface area contributed by atoms with Crippen LogP contribution in [0.3, 0.4) is 0 Å². The third-order valence-electron chi connectivity index (χ3n) is 1.63. The average molecular weight is 175 g/mol. The molecule has 0 amide bonds. The molecule has 0 unspecified atom stereocenters.